The summed E-state index contributed by atoms with van der Waals surface area (Å²) in [6.07, 6.45) is 6.57. The summed E-state index contributed by atoms with van der Waals surface area (Å²) in [6.45, 7) is 2.33. The molecule has 4 rings (SSSR count). The SMILES string of the molecule is Cc1cnccc1-c1cnc(N(C)C)nc1[C@H]1CCCN1S(=O)(=O)c1ccc(F)cc1. The normalized spacial score (nSPS) is 17.1. The van der Waals surface area contributed by atoms with Gasteiger partial charge in [-0.3, -0.25) is 4.98 Å². The van der Waals surface area contributed by atoms with Crippen molar-refractivity contribution in [2.45, 2.75) is 30.7 Å². The number of hydrogen-bond donors (Lipinski definition) is 0. The van der Waals surface area contributed by atoms with Gasteiger partial charge in [0.25, 0.3) is 0 Å². The van der Waals surface area contributed by atoms with Crippen LogP contribution >= 0.6 is 0 Å². The van der Waals surface area contributed by atoms with Gasteiger partial charge in [-0.2, -0.15) is 4.31 Å². The van der Waals surface area contributed by atoms with Crippen molar-refractivity contribution in [2.24, 2.45) is 0 Å². The number of sulfonamides is 1. The molecule has 7 nitrogen and oxygen atoms in total. The number of aryl methyl sites for hydroxylation is 1. The average Bonchev–Trinajstić information content (AvgIpc) is 3.25. The maximum Gasteiger partial charge on any atom is 0.243 e. The van der Waals surface area contributed by atoms with Crippen LogP contribution < -0.4 is 4.90 Å². The molecule has 0 spiro atoms. The molecule has 0 aliphatic carbocycles. The van der Waals surface area contributed by atoms with Gasteiger partial charge in [0.15, 0.2) is 0 Å². The second-order valence-electron chi connectivity index (χ2n) is 7.78. The van der Waals surface area contributed by atoms with Gasteiger partial charge in [0, 0.05) is 44.8 Å². The smallest absolute Gasteiger partial charge is 0.243 e. The number of nitrogens with zero attached hydrogens (tertiary/aromatic N) is 5. The molecule has 1 saturated heterocycles. The van der Waals surface area contributed by atoms with Gasteiger partial charge in [-0.1, -0.05) is 0 Å². The van der Waals surface area contributed by atoms with E-state index in [-0.39, 0.29) is 4.90 Å². The summed E-state index contributed by atoms with van der Waals surface area (Å²) in [5, 5.41) is 0. The van der Waals surface area contributed by atoms with Crippen LogP contribution in [0.5, 0.6) is 0 Å². The highest BCUT2D eigenvalue weighted by molar-refractivity contribution is 7.89. The number of benzene rings is 1. The molecule has 3 heterocycles. The lowest BCUT2D eigenvalue weighted by Gasteiger charge is -2.26. The molecule has 0 radical (unpaired) electrons. The summed E-state index contributed by atoms with van der Waals surface area (Å²) >= 11 is 0. The predicted molar refractivity (Wildman–Crippen MR) is 117 cm³/mol. The zero-order valence-corrected chi connectivity index (χ0v) is 18.5. The Bertz CT molecular complexity index is 1200. The molecule has 0 N–H and O–H groups in total. The molecule has 0 unspecified atom stereocenters. The van der Waals surface area contributed by atoms with Crippen molar-refractivity contribution in [1.82, 2.24) is 19.3 Å². The second-order valence-corrected chi connectivity index (χ2v) is 9.67. The summed E-state index contributed by atoms with van der Waals surface area (Å²) in [4.78, 5) is 15.3. The predicted octanol–water partition coefficient (Wildman–Crippen LogP) is 3.58. The van der Waals surface area contributed by atoms with Crippen molar-refractivity contribution in [3.63, 3.8) is 0 Å². The average molecular weight is 442 g/mol. The molecule has 1 atom stereocenters. The van der Waals surface area contributed by atoms with Crippen molar-refractivity contribution >= 4 is 16.0 Å². The quantitative estimate of drug-likeness (QED) is 0.602. The van der Waals surface area contributed by atoms with Gasteiger partial charge in [-0.05, 0) is 61.2 Å². The Labute approximate surface area is 181 Å². The van der Waals surface area contributed by atoms with E-state index in [9.17, 15) is 12.8 Å². The Morgan fingerprint density at radius 2 is 1.84 bits per heavy atom. The molecule has 3 aromatic rings. The fourth-order valence-corrected chi connectivity index (χ4v) is 5.54. The second kappa shape index (κ2) is 8.32. The molecule has 0 saturated carbocycles. The lowest BCUT2D eigenvalue weighted by Crippen LogP contribution is -2.31. The molecule has 31 heavy (non-hydrogen) atoms. The van der Waals surface area contributed by atoms with Crippen LogP contribution in [0.4, 0.5) is 10.3 Å². The van der Waals surface area contributed by atoms with Gasteiger partial charge in [0.1, 0.15) is 5.82 Å². The first kappa shape index (κ1) is 21.3. The molecule has 0 bridgehead atoms. The Hall–Kier alpha value is -2.91. The fourth-order valence-electron chi connectivity index (χ4n) is 3.88. The van der Waals surface area contributed by atoms with Crippen LogP contribution in [0.15, 0.2) is 53.8 Å². The highest BCUT2D eigenvalue weighted by atomic mass is 32.2. The number of aromatic nitrogens is 3. The standard InChI is InChI=1S/C22H24FN5O2S/c1-15-13-24-11-10-18(15)19-14-25-22(27(2)3)26-21(19)20-5-4-12-28(20)31(29,30)17-8-6-16(23)7-9-17/h6-11,13-14,20H,4-5,12H2,1-3H3/t20-/m1/s1. The van der Waals surface area contributed by atoms with Crippen LogP contribution in [0, 0.1) is 12.7 Å². The maximum atomic E-state index is 13.4. The lowest BCUT2D eigenvalue weighted by molar-refractivity contribution is 0.391. The van der Waals surface area contributed by atoms with Crippen LogP contribution in [0.3, 0.4) is 0 Å². The van der Waals surface area contributed by atoms with Gasteiger partial charge in [-0.15, -0.1) is 0 Å². The summed E-state index contributed by atoms with van der Waals surface area (Å²) in [5.74, 6) is 0.0373. The molecule has 1 fully saturated rings. The van der Waals surface area contributed by atoms with Crippen molar-refractivity contribution < 1.29 is 12.8 Å². The summed E-state index contributed by atoms with van der Waals surface area (Å²) in [5.41, 5.74) is 3.32. The minimum absolute atomic E-state index is 0.0735. The van der Waals surface area contributed by atoms with E-state index in [0.29, 0.717) is 31.0 Å². The molecular weight excluding hydrogens is 417 g/mol. The zero-order chi connectivity index (χ0) is 22.2. The highest BCUT2D eigenvalue weighted by Gasteiger charge is 2.38. The monoisotopic (exact) mass is 441 g/mol. The first-order chi connectivity index (χ1) is 14.8. The van der Waals surface area contributed by atoms with E-state index in [0.717, 1.165) is 16.7 Å². The van der Waals surface area contributed by atoms with E-state index in [1.54, 1.807) is 23.5 Å². The molecule has 2 aromatic heterocycles. The minimum Gasteiger partial charge on any atom is -0.347 e. The lowest BCUT2D eigenvalue weighted by atomic mass is 9.98. The number of rotatable bonds is 5. The Balaban J connectivity index is 1.84. The largest absolute Gasteiger partial charge is 0.347 e. The van der Waals surface area contributed by atoms with Crippen LogP contribution in [-0.4, -0.2) is 48.3 Å². The first-order valence-corrected chi connectivity index (χ1v) is 11.5. The summed E-state index contributed by atoms with van der Waals surface area (Å²) in [7, 11) is -0.124. The van der Waals surface area contributed by atoms with E-state index >= 15 is 0 Å². The van der Waals surface area contributed by atoms with Crippen LogP contribution in [0.25, 0.3) is 11.1 Å². The third kappa shape index (κ3) is 4.03. The minimum atomic E-state index is -3.81. The first-order valence-electron chi connectivity index (χ1n) is 10.0. The molecule has 0 amide bonds. The van der Waals surface area contributed by atoms with Gasteiger partial charge in [0.05, 0.1) is 16.6 Å². The van der Waals surface area contributed by atoms with Crippen LogP contribution in [0.2, 0.25) is 0 Å². The van der Waals surface area contributed by atoms with Crippen molar-refractivity contribution in [2.75, 3.05) is 25.5 Å². The van der Waals surface area contributed by atoms with E-state index in [4.69, 9.17) is 4.98 Å². The number of hydrogen-bond acceptors (Lipinski definition) is 6. The zero-order valence-electron chi connectivity index (χ0n) is 17.7. The summed E-state index contributed by atoms with van der Waals surface area (Å²) in [6, 6.07) is 6.38. The third-order valence-corrected chi connectivity index (χ3v) is 7.38. The number of pyridine rings is 1. The van der Waals surface area contributed by atoms with Gasteiger partial charge >= 0.3 is 0 Å². The van der Waals surface area contributed by atoms with Crippen molar-refractivity contribution in [3.05, 3.63) is 66.0 Å². The Morgan fingerprint density at radius 3 is 2.52 bits per heavy atom. The van der Waals surface area contributed by atoms with Crippen molar-refractivity contribution in [1.29, 1.82) is 0 Å². The molecule has 162 valence electrons. The van der Waals surface area contributed by atoms with Gasteiger partial charge in [0.2, 0.25) is 16.0 Å². The maximum absolute atomic E-state index is 13.4. The van der Waals surface area contributed by atoms with E-state index in [1.807, 2.05) is 27.1 Å². The molecule has 1 aliphatic heterocycles. The molecule has 1 aliphatic rings. The van der Waals surface area contributed by atoms with Crippen molar-refractivity contribution in [3.8, 4) is 11.1 Å². The third-order valence-electron chi connectivity index (χ3n) is 5.46. The van der Waals surface area contributed by atoms with E-state index in [1.165, 1.54) is 28.6 Å². The number of halogens is 1. The number of anilines is 1. The topological polar surface area (TPSA) is 79.3 Å². The fraction of sp³-hybridized carbons (Fsp3) is 0.318. The van der Waals surface area contributed by atoms with E-state index < -0.39 is 21.9 Å². The Morgan fingerprint density at radius 1 is 1.10 bits per heavy atom. The highest BCUT2D eigenvalue weighted by Crippen LogP contribution is 2.40. The molecular formula is C22H24FN5O2S. The van der Waals surface area contributed by atoms with Gasteiger partial charge in [-0.25, -0.2) is 22.8 Å². The molecule has 1 aromatic carbocycles. The van der Waals surface area contributed by atoms with Crippen LogP contribution in [0.1, 0.15) is 30.1 Å². The Kier molecular flexibility index (Phi) is 5.72. The van der Waals surface area contributed by atoms with E-state index in [2.05, 4.69) is 9.97 Å². The summed E-state index contributed by atoms with van der Waals surface area (Å²) < 4.78 is 41.6. The van der Waals surface area contributed by atoms with Crippen LogP contribution in [-0.2, 0) is 10.0 Å². The molecule has 9 heteroatoms. The van der Waals surface area contributed by atoms with Gasteiger partial charge < -0.3 is 4.90 Å².